The van der Waals surface area contributed by atoms with Crippen molar-refractivity contribution in [2.24, 2.45) is 0 Å². The number of pyridine rings is 1. The lowest BCUT2D eigenvalue weighted by atomic mass is 10.3. The minimum atomic E-state index is -3.80. The molecular weight excluding hydrogens is 435 g/mol. The molecule has 0 aliphatic carbocycles. The first-order valence-corrected chi connectivity index (χ1v) is 11.4. The highest BCUT2D eigenvalue weighted by Gasteiger charge is 2.29. The van der Waals surface area contributed by atoms with Crippen LogP contribution in [-0.4, -0.2) is 61.2 Å². The molecule has 0 amide bonds. The fourth-order valence-corrected chi connectivity index (χ4v) is 4.85. The van der Waals surface area contributed by atoms with Gasteiger partial charge in [0.25, 0.3) is 0 Å². The van der Waals surface area contributed by atoms with Gasteiger partial charge in [-0.05, 0) is 55.0 Å². The Hall–Kier alpha value is -3.31. The van der Waals surface area contributed by atoms with Crippen LogP contribution >= 0.6 is 0 Å². The number of aromatic nitrogens is 3. The van der Waals surface area contributed by atoms with Gasteiger partial charge in [0.1, 0.15) is 5.82 Å². The number of nitrogens with one attached hydrogen (secondary N) is 1. The lowest BCUT2D eigenvalue weighted by Gasteiger charge is -2.34. The Balaban J connectivity index is 1.39. The van der Waals surface area contributed by atoms with E-state index in [1.54, 1.807) is 12.3 Å². The first-order valence-electron chi connectivity index (χ1n) is 9.99. The monoisotopic (exact) mass is 458 g/mol. The smallest absolute Gasteiger partial charge is 0.243 e. The summed E-state index contributed by atoms with van der Waals surface area (Å²) >= 11 is 0. The van der Waals surface area contributed by atoms with Crippen molar-refractivity contribution in [3.63, 3.8) is 0 Å². The SMILES string of the molecule is COc1ccc(S(=O)(=O)N2CCN(c3ccc(Nc4cc(C)ccn4)nn3)CC2)cc1F. The number of halogens is 1. The number of aryl methyl sites for hydroxylation is 1. The highest BCUT2D eigenvalue weighted by Crippen LogP contribution is 2.25. The second-order valence-electron chi connectivity index (χ2n) is 7.31. The third-order valence-corrected chi connectivity index (χ3v) is 7.04. The number of hydrogen-bond donors (Lipinski definition) is 1. The van der Waals surface area contributed by atoms with Gasteiger partial charge >= 0.3 is 0 Å². The molecule has 168 valence electrons. The van der Waals surface area contributed by atoms with Crippen LogP contribution in [0.1, 0.15) is 5.56 Å². The molecule has 1 saturated heterocycles. The van der Waals surface area contributed by atoms with Gasteiger partial charge in [0, 0.05) is 32.4 Å². The van der Waals surface area contributed by atoms with E-state index in [1.807, 2.05) is 30.0 Å². The Bertz CT molecular complexity index is 1200. The standard InChI is InChI=1S/C21H23FN6O3S/c1-15-7-8-23-20(13-15)24-19-5-6-21(26-25-19)27-9-11-28(12-10-27)32(29,30)16-3-4-18(31-2)17(22)14-16/h3-8,13-14H,9-12H2,1-2H3,(H,23,24,25). The van der Waals surface area contributed by atoms with E-state index < -0.39 is 15.8 Å². The van der Waals surface area contributed by atoms with Gasteiger partial charge in [-0.3, -0.25) is 0 Å². The van der Waals surface area contributed by atoms with Crippen molar-refractivity contribution < 1.29 is 17.5 Å². The van der Waals surface area contributed by atoms with Gasteiger partial charge in [0.15, 0.2) is 23.2 Å². The van der Waals surface area contributed by atoms with Crippen molar-refractivity contribution in [3.05, 3.63) is 60.0 Å². The molecule has 3 heterocycles. The van der Waals surface area contributed by atoms with Gasteiger partial charge in [-0.2, -0.15) is 4.31 Å². The molecule has 0 unspecified atom stereocenters. The molecule has 9 nitrogen and oxygen atoms in total. The van der Waals surface area contributed by atoms with Crippen LogP contribution in [0.15, 0.2) is 53.6 Å². The topological polar surface area (TPSA) is 101 Å². The summed E-state index contributed by atoms with van der Waals surface area (Å²) in [6, 6.07) is 11.1. The van der Waals surface area contributed by atoms with Gasteiger partial charge in [-0.15, -0.1) is 10.2 Å². The molecule has 0 saturated carbocycles. The van der Waals surface area contributed by atoms with Gasteiger partial charge in [-0.1, -0.05) is 0 Å². The average Bonchev–Trinajstić information content (AvgIpc) is 2.79. The molecular formula is C21H23FN6O3S. The zero-order chi connectivity index (χ0) is 22.7. The maximum atomic E-state index is 14.0. The van der Waals surface area contributed by atoms with Crippen LogP contribution in [0.25, 0.3) is 0 Å². The second-order valence-corrected chi connectivity index (χ2v) is 9.25. The number of rotatable bonds is 6. The highest BCUT2D eigenvalue weighted by molar-refractivity contribution is 7.89. The van der Waals surface area contributed by atoms with E-state index in [1.165, 1.54) is 23.5 Å². The predicted molar refractivity (Wildman–Crippen MR) is 118 cm³/mol. The quantitative estimate of drug-likeness (QED) is 0.602. The summed E-state index contributed by atoms with van der Waals surface area (Å²) in [7, 11) is -2.47. The molecule has 0 atom stereocenters. The largest absolute Gasteiger partial charge is 0.494 e. The van der Waals surface area contributed by atoms with Crippen molar-refractivity contribution >= 4 is 27.5 Å². The first-order chi connectivity index (χ1) is 15.4. The summed E-state index contributed by atoms with van der Waals surface area (Å²) in [6.07, 6.45) is 1.72. The molecule has 0 bridgehead atoms. The van der Waals surface area contributed by atoms with Crippen molar-refractivity contribution in [3.8, 4) is 5.75 Å². The minimum absolute atomic E-state index is 0.00320. The van der Waals surface area contributed by atoms with E-state index in [9.17, 15) is 12.8 Å². The molecule has 0 radical (unpaired) electrons. The van der Waals surface area contributed by atoms with Crippen LogP contribution in [-0.2, 0) is 10.0 Å². The Morgan fingerprint density at radius 3 is 2.41 bits per heavy atom. The van der Waals surface area contributed by atoms with Gasteiger partial charge in [-0.25, -0.2) is 17.8 Å². The lowest BCUT2D eigenvalue weighted by molar-refractivity contribution is 0.379. The van der Waals surface area contributed by atoms with Crippen molar-refractivity contribution in [1.29, 1.82) is 0 Å². The molecule has 32 heavy (non-hydrogen) atoms. The van der Waals surface area contributed by atoms with E-state index in [2.05, 4.69) is 20.5 Å². The summed E-state index contributed by atoms with van der Waals surface area (Å²) in [4.78, 5) is 6.10. The number of nitrogens with zero attached hydrogens (tertiary/aromatic N) is 5. The van der Waals surface area contributed by atoms with Crippen LogP contribution in [0.2, 0.25) is 0 Å². The molecule has 1 aliphatic rings. The Morgan fingerprint density at radius 2 is 1.78 bits per heavy atom. The molecule has 3 aromatic rings. The molecule has 2 aromatic heterocycles. The van der Waals surface area contributed by atoms with Gasteiger partial charge in [0.05, 0.1) is 12.0 Å². The maximum Gasteiger partial charge on any atom is 0.243 e. The summed E-state index contributed by atoms with van der Waals surface area (Å²) in [5.74, 6) is 1.19. The Labute approximate surface area is 185 Å². The fraction of sp³-hybridized carbons (Fsp3) is 0.286. The predicted octanol–water partition coefficient (Wildman–Crippen LogP) is 2.58. The van der Waals surface area contributed by atoms with E-state index in [-0.39, 0.29) is 23.7 Å². The van der Waals surface area contributed by atoms with Crippen LogP contribution in [0, 0.1) is 12.7 Å². The number of benzene rings is 1. The molecule has 11 heteroatoms. The van der Waals surface area contributed by atoms with Crippen molar-refractivity contribution in [2.75, 3.05) is 43.5 Å². The Morgan fingerprint density at radius 1 is 1.00 bits per heavy atom. The number of methoxy groups -OCH3 is 1. The molecule has 1 aliphatic heterocycles. The zero-order valence-electron chi connectivity index (χ0n) is 17.7. The number of anilines is 3. The molecule has 1 fully saturated rings. The lowest BCUT2D eigenvalue weighted by Crippen LogP contribution is -2.49. The average molecular weight is 459 g/mol. The fourth-order valence-electron chi connectivity index (χ4n) is 3.41. The first kappa shape index (κ1) is 21.9. The van der Waals surface area contributed by atoms with Crippen LogP contribution in [0.4, 0.5) is 21.8 Å². The van der Waals surface area contributed by atoms with Crippen LogP contribution < -0.4 is 15.0 Å². The van der Waals surface area contributed by atoms with E-state index in [0.29, 0.717) is 30.5 Å². The summed E-state index contributed by atoms with van der Waals surface area (Å²) in [6.45, 7) is 3.37. The van der Waals surface area contributed by atoms with E-state index in [4.69, 9.17) is 4.74 Å². The van der Waals surface area contributed by atoms with Gasteiger partial charge in [0.2, 0.25) is 10.0 Å². The molecule has 4 rings (SSSR count). The summed E-state index contributed by atoms with van der Waals surface area (Å²) in [5, 5.41) is 11.5. The summed E-state index contributed by atoms with van der Waals surface area (Å²) < 4.78 is 45.9. The van der Waals surface area contributed by atoms with E-state index in [0.717, 1.165) is 11.6 Å². The third kappa shape index (κ3) is 4.63. The van der Waals surface area contributed by atoms with Crippen LogP contribution in [0.5, 0.6) is 5.75 Å². The Kier molecular flexibility index (Phi) is 6.19. The molecule has 1 N–H and O–H groups in total. The number of sulfonamides is 1. The van der Waals surface area contributed by atoms with Crippen molar-refractivity contribution in [1.82, 2.24) is 19.5 Å². The third-order valence-electron chi connectivity index (χ3n) is 5.15. The molecule has 1 aromatic carbocycles. The van der Waals surface area contributed by atoms with Crippen molar-refractivity contribution in [2.45, 2.75) is 11.8 Å². The summed E-state index contributed by atoms with van der Waals surface area (Å²) in [5.41, 5.74) is 1.08. The number of hydrogen-bond acceptors (Lipinski definition) is 8. The zero-order valence-corrected chi connectivity index (χ0v) is 18.5. The van der Waals surface area contributed by atoms with Gasteiger partial charge < -0.3 is 15.0 Å². The minimum Gasteiger partial charge on any atom is -0.494 e. The highest BCUT2D eigenvalue weighted by atomic mass is 32.2. The molecule has 0 spiro atoms. The second kappa shape index (κ2) is 9.05. The normalized spacial score (nSPS) is 14.9. The maximum absolute atomic E-state index is 14.0. The van der Waals surface area contributed by atoms with E-state index >= 15 is 0 Å². The number of piperazine rings is 1. The van der Waals surface area contributed by atoms with Crippen LogP contribution in [0.3, 0.4) is 0 Å². The number of ether oxygens (including phenoxy) is 1.